The minimum absolute atomic E-state index is 0.434. The van der Waals surface area contributed by atoms with Gasteiger partial charge in [-0.1, -0.05) is 29.8 Å². The first-order valence-corrected chi connectivity index (χ1v) is 7.37. The summed E-state index contributed by atoms with van der Waals surface area (Å²) in [5.41, 5.74) is 1.79. The second-order valence-electron chi connectivity index (χ2n) is 5.84. The summed E-state index contributed by atoms with van der Waals surface area (Å²) in [7, 11) is 1.72. The Hall–Kier alpha value is -0.540. The Kier molecular flexibility index (Phi) is 4.33. The fourth-order valence-electron chi connectivity index (χ4n) is 2.90. The van der Waals surface area contributed by atoms with Crippen molar-refractivity contribution < 1.29 is 4.74 Å². The lowest BCUT2D eigenvalue weighted by molar-refractivity contribution is 0.131. The van der Waals surface area contributed by atoms with Crippen LogP contribution in [0.3, 0.4) is 0 Å². The van der Waals surface area contributed by atoms with Crippen LogP contribution in [0.4, 0.5) is 0 Å². The molecule has 1 aromatic carbocycles. The highest BCUT2D eigenvalue weighted by Crippen LogP contribution is 2.37. The molecule has 0 saturated carbocycles. The number of ether oxygens (including phenoxy) is 1. The van der Waals surface area contributed by atoms with Crippen molar-refractivity contribution in [1.29, 1.82) is 0 Å². The topological polar surface area (TPSA) is 21.3 Å². The first kappa shape index (κ1) is 13.9. The van der Waals surface area contributed by atoms with Crippen molar-refractivity contribution >= 4 is 15.9 Å². The van der Waals surface area contributed by atoms with Crippen molar-refractivity contribution in [2.45, 2.75) is 26.7 Å². The third-order valence-electron chi connectivity index (χ3n) is 3.66. The van der Waals surface area contributed by atoms with Crippen LogP contribution in [0.15, 0.2) is 22.7 Å². The van der Waals surface area contributed by atoms with E-state index in [0.717, 1.165) is 31.2 Å². The van der Waals surface area contributed by atoms with E-state index in [1.807, 2.05) is 6.07 Å². The van der Waals surface area contributed by atoms with Gasteiger partial charge >= 0.3 is 0 Å². The van der Waals surface area contributed by atoms with E-state index in [0.29, 0.717) is 5.41 Å². The van der Waals surface area contributed by atoms with E-state index in [9.17, 15) is 0 Å². The Morgan fingerprint density at radius 1 is 1.39 bits per heavy atom. The highest BCUT2D eigenvalue weighted by Gasteiger charge is 2.37. The summed E-state index contributed by atoms with van der Waals surface area (Å²) >= 11 is 3.66. The monoisotopic (exact) mass is 311 g/mol. The van der Waals surface area contributed by atoms with E-state index in [-0.39, 0.29) is 0 Å². The summed E-state index contributed by atoms with van der Waals surface area (Å²) in [6.07, 6.45) is 2.40. The molecule has 0 bridgehead atoms. The summed E-state index contributed by atoms with van der Waals surface area (Å²) in [6.45, 7) is 6.88. The van der Waals surface area contributed by atoms with Gasteiger partial charge < -0.3 is 10.1 Å². The molecule has 0 atom stereocenters. The van der Waals surface area contributed by atoms with E-state index < -0.39 is 0 Å². The second kappa shape index (κ2) is 5.62. The smallest absolute Gasteiger partial charge is 0.119 e. The van der Waals surface area contributed by atoms with Crippen molar-refractivity contribution in [3.63, 3.8) is 0 Å². The molecule has 0 aliphatic carbocycles. The quantitative estimate of drug-likeness (QED) is 0.896. The zero-order valence-electron chi connectivity index (χ0n) is 11.4. The standard InChI is InChI=1S/C15H22BrNO/c1-11(2)7-15(9-17-10-15)8-12-6-13(18-3)4-5-14(12)16/h4-6,11,17H,7-10H2,1-3H3. The van der Waals surface area contributed by atoms with Gasteiger partial charge in [-0.05, 0) is 47.9 Å². The van der Waals surface area contributed by atoms with Crippen molar-refractivity contribution in [1.82, 2.24) is 5.32 Å². The maximum atomic E-state index is 5.32. The van der Waals surface area contributed by atoms with Crippen molar-refractivity contribution in [2.24, 2.45) is 11.3 Å². The summed E-state index contributed by atoms with van der Waals surface area (Å²) in [6, 6.07) is 6.25. The molecule has 1 heterocycles. The highest BCUT2D eigenvalue weighted by molar-refractivity contribution is 9.10. The van der Waals surface area contributed by atoms with Crippen LogP contribution in [-0.4, -0.2) is 20.2 Å². The fraction of sp³-hybridized carbons (Fsp3) is 0.600. The molecule has 0 aromatic heterocycles. The van der Waals surface area contributed by atoms with E-state index in [1.54, 1.807) is 7.11 Å². The summed E-state index contributed by atoms with van der Waals surface area (Å²) in [5, 5.41) is 3.43. The lowest BCUT2D eigenvalue weighted by Gasteiger charge is -2.44. The van der Waals surface area contributed by atoms with Gasteiger partial charge in [-0.25, -0.2) is 0 Å². The molecule has 0 radical (unpaired) electrons. The van der Waals surface area contributed by atoms with E-state index in [1.165, 1.54) is 16.5 Å². The Morgan fingerprint density at radius 3 is 2.61 bits per heavy atom. The molecule has 0 amide bonds. The molecule has 0 spiro atoms. The average Bonchev–Trinajstić information content (AvgIpc) is 2.28. The normalized spacial score (nSPS) is 17.6. The molecule has 1 aliphatic rings. The lowest BCUT2D eigenvalue weighted by Crippen LogP contribution is -2.55. The molecule has 2 nitrogen and oxygen atoms in total. The first-order valence-electron chi connectivity index (χ1n) is 6.58. The van der Waals surface area contributed by atoms with Gasteiger partial charge in [-0.3, -0.25) is 0 Å². The highest BCUT2D eigenvalue weighted by atomic mass is 79.9. The lowest BCUT2D eigenvalue weighted by atomic mass is 9.71. The zero-order valence-corrected chi connectivity index (χ0v) is 13.0. The SMILES string of the molecule is COc1ccc(Br)c(CC2(CC(C)C)CNC2)c1. The van der Waals surface area contributed by atoms with Gasteiger partial charge in [0.2, 0.25) is 0 Å². The number of benzene rings is 1. The van der Waals surface area contributed by atoms with Gasteiger partial charge in [0.25, 0.3) is 0 Å². The summed E-state index contributed by atoms with van der Waals surface area (Å²) < 4.78 is 6.51. The Balaban J connectivity index is 2.16. The second-order valence-corrected chi connectivity index (χ2v) is 6.69. The molecule has 1 aliphatic heterocycles. The number of rotatable bonds is 5. The van der Waals surface area contributed by atoms with Crippen LogP contribution in [0.25, 0.3) is 0 Å². The Bertz CT molecular complexity index is 413. The Labute approximate surface area is 118 Å². The van der Waals surface area contributed by atoms with Crippen LogP contribution in [0.5, 0.6) is 5.75 Å². The third kappa shape index (κ3) is 3.07. The van der Waals surface area contributed by atoms with Crippen LogP contribution in [0.2, 0.25) is 0 Å². The minimum atomic E-state index is 0.434. The third-order valence-corrected chi connectivity index (χ3v) is 4.43. The zero-order chi connectivity index (χ0) is 13.2. The molecule has 1 aromatic rings. The molecular formula is C15H22BrNO. The Morgan fingerprint density at radius 2 is 2.11 bits per heavy atom. The molecule has 18 heavy (non-hydrogen) atoms. The van der Waals surface area contributed by atoms with E-state index in [2.05, 4.69) is 47.2 Å². The van der Waals surface area contributed by atoms with Crippen LogP contribution in [0.1, 0.15) is 25.8 Å². The van der Waals surface area contributed by atoms with Crippen molar-refractivity contribution in [2.75, 3.05) is 20.2 Å². The predicted molar refractivity (Wildman–Crippen MR) is 79.2 cm³/mol. The molecule has 1 saturated heterocycles. The molecule has 1 fully saturated rings. The number of methoxy groups -OCH3 is 1. The largest absolute Gasteiger partial charge is 0.497 e. The number of halogens is 1. The molecule has 3 heteroatoms. The molecular weight excluding hydrogens is 290 g/mol. The van der Waals surface area contributed by atoms with Crippen LogP contribution >= 0.6 is 15.9 Å². The maximum Gasteiger partial charge on any atom is 0.119 e. The molecule has 2 rings (SSSR count). The first-order chi connectivity index (χ1) is 8.54. The van der Waals surface area contributed by atoms with Crippen LogP contribution in [-0.2, 0) is 6.42 Å². The maximum absolute atomic E-state index is 5.32. The average molecular weight is 312 g/mol. The summed E-state index contributed by atoms with van der Waals surface area (Å²) in [5.74, 6) is 1.69. The van der Waals surface area contributed by atoms with E-state index >= 15 is 0 Å². The van der Waals surface area contributed by atoms with Crippen LogP contribution < -0.4 is 10.1 Å². The molecule has 100 valence electrons. The van der Waals surface area contributed by atoms with Gasteiger partial charge in [0, 0.05) is 17.6 Å². The van der Waals surface area contributed by atoms with E-state index in [4.69, 9.17) is 4.74 Å². The molecule has 1 N–H and O–H groups in total. The summed E-state index contributed by atoms with van der Waals surface area (Å²) in [4.78, 5) is 0. The predicted octanol–water partition coefficient (Wildman–Crippen LogP) is 3.64. The number of hydrogen-bond donors (Lipinski definition) is 1. The minimum Gasteiger partial charge on any atom is -0.497 e. The van der Waals surface area contributed by atoms with Crippen LogP contribution in [0, 0.1) is 11.3 Å². The van der Waals surface area contributed by atoms with Crippen molar-refractivity contribution in [3.05, 3.63) is 28.2 Å². The van der Waals surface area contributed by atoms with Gasteiger partial charge in [-0.15, -0.1) is 0 Å². The number of nitrogens with one attached hydrogen (secondary N) is 1. The number of hydrogen-bond acceptors (Lipinski definition) is 2. The molecule has 0 unspecified atom stereocenters. The van der Waals surface area contributed by atoms with Gasteiger partial charge in [-0.2, -0.15) is 0 Å². The van der Waals surface area contributed by atoms with Gasteiger partial charge in [0.15, 0.2) is 0 Å². The van der Waals surface area contributed by atoms with Gasteiger partial charge in [0.1, 0.15) is 5.75 Å². The van der Waals surface area contributed by atoms with Gasteiger partial charge in [0.05, 0.1) is 7.11 Å². The fourth-order valence-corrected chi connectivity index (χ4v) is 3.29. The van der Waals surface area contributed by atoms with Crippen molar-refractivity contribution in [3.8, 4) is 5.75 Å².